The number of aromatic nitrogens is 1. The average Bonchev–Trinajstić information content (AvgIpc) is 2.84. The largest absolute Gasteiger partial charge is 0.246 e. The fourth-order valence-electron chi connectivity index (χ4n) is 1.98. The monoisotopic (exact) mass is 371 g/mol. The molecular weight excluding hydrogens is 354 g/mol. The third kappa shape index (κ3) is 4.06. The van der Waals surface area contributed by atoms with Crippen molar-refractivity contribution in [1.82, 2.24) is 4.98 Å². The first-order valence-corrected chi connectivity index (χ1v) is 9.04. The molecule has 4 heteroatoms. The Morgan fingerprint density at radius 1 is 1.35 bits per heavy atom. The van der Waals surface area contributed by atoms with Gasteiger partial charge in [0.1, 0.15) is 0 Å². The number of benzene rings is 1. The van der Waals surface area contributed by atoms with Gasteiger partial charge >= 0.3 is 0 Å². The molecule has 1 nitrogen and oxygen atoms in total. The van der Waals surface area contributed by atoms with E-state index in [0.29, 0.717) is 5.92 Å². The van der Waals surface area contributed by atoms with E-state index in [9.17, 15) is 0 Å². The highest BCUT2D eigenvalue weighted by Gasteiger charge is 2.19. The van der Waals surface area contributed by atoms with Gasteiger partial charge in [-0.2, -0.15) is 0 Å². The molecular formula is C16H19BrClNS. The van der Waals surface area contributed by atoms with Crippen molar-refractivity contribution in [3.8, 4) is 0 Å². The van der Waals surface area contributed by atoms with E-state index in [4.69, 9.17) is 16.6 Å². The molecule has 0 bridgehead atoms. The fourth-order valence-corrected chi connectivity index (χ4v) is 3.89. The van der Waals surface area contributed by atoms with Crippen molar-refractivity contribution >= 4 is 38.9 Å². The standard InChI is InChI=1S/C16H19BrClNS/c1-16(2,3)14-10-20-15(19-14)8-12(9-17)11-5-4-6-13(18)7-11/h4-7,10,12H,8-9H2,1-3H3. The molecule has 108 valence electrons. The van der Waals surface area contributed by atoms with E-state index in [1.165, 1.54) is 16.3 Å². The zero-order valence-corrected chi connectivity index (χ0v) is 15.1. The van der Waals surface area contributed by atoms with Crippen molar-refractivity contribution in [3.05, 3.63) is 50.9 Å². The van der Waals surface area contributed by atoms with Crippen molar-refractivity contribution in [3.63, 3.8) is 0 Å². The molecule has 1 aromatic carbocycles. The lowest BCUT2D eigenvalue weighted by Gasteiger charge is -2.15. The van der Waals surface area contributed by atoms with Gasteiger partial charge in [-0.05, 0) is 23.6 Å². The van der Waals surface area contributed by atoms with Crippen LogP contribution in [0.15, 0.2) is 29.6 Å². The molecule has 0 aliphatic heterocycles. The van der Waals surface area contributed by atoms with Crippen LogP contribution >= 0.6 is 38.9 Å². The maximum Gasteiger partial charge on any atom is 0.0934 e. The predicted octanol–water partition coefficient (Wildman–Crippen LogP) is 5.82. The minimum Gasteiger partial charge on any atom is -0.246 e. The molecule has 1 atom stereocenters. The third-order valence-corrected chi connectivity index (χ3v) is 5.14. The zero-order valence-electron chi connectivity index (χ0n) is 12.0. The van der Waals surface area contributed by atoms with E-state index in [1.54, 1.807) is 11.3 Å². The summed E-state index contributed by atoms with van der Waals surface area (Å²) in [7, 11) is 0. The Balaban J connectivity index is 2.16. The van der Waals surface area contributed by atoms with Crippen LogP contribution in [0, 0.1) is 0 Å². The number of rotatable bonds is 4. The zero-order chi connectivity index (χ0) is 14.8. The number of halogens is 2. The van der Waals surface area contributed by atoms with Crippen LogP contribution in [0.4, 0.5) is 0 Å². The predicted molar refractivity (Wildman–Crippen MR) is 92.5 cm³/mol. The highest BCUT2D eigenvalue weighted by Crippen LogP contribution is 2.29. The topological polar surface area (TPSA) is 12.9 Å². The summed E-state index contributed by atoms with van der Waals surface area (Å²) < 4.78 is 0. The lowest BCUT2D eigenvalue weighted by molar-refractivity contribution is 0.569. The van der Waals surface area contributed by atoms with E-state index in [1.807, 2.05) is 18.2 Å². The number of nitrogens with zero attached hydrogens (tertiary/aromatic N) is 1. The highest BCUT2D eigenvalue weighted by molar-refractivity contribution is 9.09. The van der Waals surface area contributed by atoms with Crippen LogP contribution in [-0.2, 0) is 11.8 Å². The summed E-state index contributed by atoms with van der Waals surface area (Å²) in [5, 5.41) is 5.08. The molecule has 0 aliphatic rings. The second kappa shape index (κ2) is 6.59. The van der Waals surface area contributed by atoms with E-state index < -0.39 is 0 Å². The number of hydrogen-bond donors (Lipinski definition) is 0. The molecule has 2 rings (SSSR count). The van der Waals surface area contributed by atoms with Gasteiger partial charge in [0.15, 0.2) is 0 Å². The van der Waals surface area contributed by atoms with Crippen molar-refractivity contribution < 1.29 is 0 Å². The van der Waals surface area contributed by atoms with E-state index in [0.717, 1.165) is 16.8 Å². The first-order valence-electron chi connectivity index (χ1n) is 6.66. The molecule has 0 saturated heterocycles. The lowest BCUT2D eigenvalue weighted by atomic mass is 9.93. The van der Waals surface area contributed by atoms with Gasteiger partial charge in [-0.3, -0.25) is 0 Å². The summed E-state index contributed by atoms with van der Waals surface area (Å²) in [5.74, 6) is 0.410. The van der Waals surface area contributed by atoms with Crippen molar-refractivity contribution in [2.75, 3.05) is 5.33 Å². The maximum absolute atomic E-state index is 6.08. The molecule has 0 radical (unpaired) electrons. The van der Waals surface area contributed by atoms with Crippen LogP contribution in [0.5, 0.6) is 0 Å². The Morgan fingerprint density at radius 3 is 2.65 bits per heavy atom. The molecule has 20 heavy (non-hydrogen) atoms. The Bertz CT molecular complexity index is 574. The van der Waals surface area contributed by atoms with Gasteiger partial charge in [0, 0.05) is 27.6 Å². The Kier molecular flexibility index (Phi) is 5.27. The molecule has 1 unspecified atom stereocenters. The molecule has 0 saturated carbocycles. The Labute approximate surface area is 138 Å². The van der Waals surface area contributed by atoms with Crippen LogP contribution in [0.2, 0.25) is 5.02 Å². The van der Waals surface area contributed by atoms with Gasteiger partial charge in [-0.1, -0.05) is 60.4 Å². The van der Waals surface area contributed by atoms with Gasteiger partial charge in [0.25, 0.3) is 0 Å². The van der Waals surface area contributed by atoms with Crippen LogP contribution in [0.25, 0.3) is 0 Å². The molecule has 0 amide bonds. The summed E-state index contributed by atoms with van der Waals surface area (Å²) in [6.45, 7) is 6.60. The van der Waals surface area contributed by atoms with E-state index in [2.05, 4.69) is 48.1 Å². The summed E-state index contributed by atoms with van der Waals surface area (Å²) >= 11 is 11.5. The molecule has 1 aromatic heterocycles. The van der Waals surface area contributed by atoms with Crippen LogP contribution in [-0.4, -0.2) is 10.3 Å². The van der Waals surface area contributed by atoms with Crippen molar-refractivity contribution in [2.24, 2.45) is 0 Å². The third-order valence-electron chi connectivity index (χ3n) is 3.25. The van der Waals surface area contributed by atoms with E-state index >= 15 is 0 Å². The highest BCUT2D eigenvalue weighted by atomic mass is 79.9. The molecule has 0 spiro atoms. The van der Waals surface area contributed by atoms with Crippen molar-refractivity contribution in [2.45, 2.75) is 38.5 Å². The van der Waals surface area contributed by atoms with Gasteiger partial charge in [-0.15, -0.1) is 11.3 Å². The minimum atomic E-state index is 0.120. The number of hydrogen-bond acceptors (Lipinski definition) is 2. The Morgan fingerprint density at radius 2 is 2.10 bits per heavy atom. The number of alkyl halides is 1. The first-order chi connectivity index (χ1) is 9.40. The van der Waals surface area contributed by atoms with Gasteiger partial charge in [0.2, 0.25) is 0 Å². The van der Waals surface area contributed by atoms with E-state index in [-0.39, 0.29) is 5.41 Å². The Hall–Kier alpha value is -0.380. The SMILES string of the molecule is CC(C)(C)c1csc(CC(CBr)c2cccc(Cl)c2)n1. The fraction of sp³-hybridized carbons (Fsp3) is 0.438. The summed E-state index contributed by atoms with van der Waals surface area (Å²) in [4.78, 5) is 4.78. The van der Waals surface area contributed by atoms with Crippen LogP contribution in [0.1, 0.15) is 43.0 Å². The second-order valence-corrected chi connectivity index (χ2v) is 8.01. The molecule has 0 aliphatic carbocycles. The van der Waals surface area contributed by atoms with Crippen LogP contribution < -0.4 is 0 Å². The molecule has 0 fully saturated rings. The normalized spacial score (nSPS) is 13.4. The van der Waals surface area contributed by atoms with Gasteiger partial charge < -0.3 is 0 Å². The minimum absolute atomic E-state index is 0.120. The quantitative estimate of drug-likeness (QED) is 0.617. The summed E-state index contributed by atoms with van der Waals surface area (Å²) in [6.07, 6.45) is 0.951. The summed E-state index contributed by atoms with van der Waals surface area (Å²) in [5.41, 5.74) is 2.56. The molecule has 0 N–H and O–H groups in total. The molecule has 1 heterocycles. The lowest BCUT2D eigenvalue weighted by Crippen LogP contribution is -2.12. The second-order valence-electron chi connectivity index (χ2n) is 5.99. The number of thiazole rings is 1. The average molecular weight is 373 g/mol. The smallest absolute Gasteiger partial charge is 0.0934 e. The van der Waals surface area contributed by atoms with Crippen molar-refractivity contribution in [1.29, 1.82) is 0 Å². The van der Waals surface area contributed by atoms with Gasteiger partial charge in [0.05, 0.1) is 10.7 Å². The molecule has 2 aromatic rings. The van der Waals surface area contributed by atoms with Crippen LogP contribution in [0.3, 0.4) is 0 Å². The van der Waals surface area contributed by atoms with Gasteiger partial charge in [-0.25, -0.2) is 4.98 Å². The maximum atomic E-state index is 6.08. The summed E-state index contributed by atoms with van der Waals surface area (Å²) in [6, 6.07) is 8.11. The first kappa shape index (κ1) is 16.0.